The highest BCUT2D eigenvalue weighted by Gasteiger charge is 2.34. The van der Waals surface area contributed by atoms with Gasteiger partial charge in [-0.05, 0) is 42.4 Å². The molecule has 7 nitrogen and oxygen atoms in total. The number of hydrogen-bond donors (Lipinski definition) is 1. The van der Waals surface area contributed by atoms with E-state index in [1.165, 1.54) is 6.07 Å². The summed E-state index contributed by atoms with van der Waals surface area (Å²) in [5, 5.41) is 8.00. The Morgan fingerprint density at radius 3 is 2.68 bits per heavy atom. The largest absolute Gasteiger partial charge is 0.335 e. The number of aromatic nitrogens is 3. The summed E-state index contributed by atoms with van der Waals surface area (Å²) in [5.74, 6) is -0.857. The van der Waals surface area contributed by atoms with Crippen molar-refractivity contribution >= 4 is 16.7 Å². The summed E-state index contributed by atoms with van der Waals surface area (Å²) in [6, 6.07) is 15.9. The molecule has 172 valence electrons. The van der Waals surface area contributed by atoms with E-state index < -0.39 is 5.82 Å². The molecular formula is C26H24FN5O2. The number of nitrogens with zero attached hydrogens (tertiary/aromatic N) is 4. The number of amides is 1. The van der Waals surface area contributed by atoms with Crippen molar-refractivity contribution in [2.45, 2.75) is 19.0 Å². The molecule has 0 spiro atoms. The molecule has 34 heavy (non-hydrogen) atoms. The lowest BCUT2D eigenvalue weighted by molar-refractivity contribution is 0.0317. The highest BCUT2D eigenvalue weighted by molar-refractivity contribution is 5.95. The number of nitrogens with one attached hydrogen (secondary N) is 1. The maximum Gasteiger partial charge on any atom is 0.272 e. The summed E-state index contributed by atoms with van der Waals surface area (Å²) in [7, 11) is 2.02. The molecule has 1 fully saturated rings. The second kappa shape index (κ2) is 9.15. The van der Waals surface area contributed by atoms with Crippen LogP contribution in [0, 0.1) is 5.82 Å². The van der Waals surface area contributed by atoms with Crippen molar-refractivity contribution in [3.05, 3.63) is 106 Å². The Hall–Kier alpha value is -3.91. The quantitative estimate of drug-likeness (QED) is 0.481. The second-order valence-electron chi connectivity index (χ2n) is 8.68. The van der Waals surface area contributed by atoms with Crippen LogP contribution in [0.4, 0.5) is 4.39 Å². The number of benzene rings is 2. The summed E-state index contributed by atoms with van der Waals surface area (Å²) in [5.41, 5.74) is 2.33. The minimum absolute atomic E-state index is 0.0552. The molecule has 0 radical (unpaired) electrons. The Kier molecular flexibility index (Phi) is 5.90. The van der Waals surface area contributed by atoms with E-state index in [-0.39, 0.29) is 23.1 Å². The number of halogens is 1. The molecule has 8 heteroatoms. The standard InChI is InChI=1S/C26H24FN5O2/c1-31(14-18-5-4-10-28-13-18)19-15-32(16-19)26(34)22-11-17(8-9-23(22)27)12-24-20-6-2-3-7-21(20)25(33)30-29-24/h2-11,13,19H,12,14-16H2,1H3,(H,30,33). The number of carbonyl (C=O) groups excluding carboxylic acids is 1. The van der Waals surface area contributed by atoms with Gasteiger partial charge in [0.05, 0.1) is 16.6 Å². The van der Waals surface area contributed by atoms with Gasteiger partial charge in [0.2, 0.25) is 0 Å². The maximum absolute atomic E-state index is 14.6. The van der Waals surface area contributed by atoms with Crippen LogP contribution in [0.2, 0.25) is 0 Å². The van der Waals surface area contributed by atoms with Crippen LogP contribution in [0.5, 0.6) is 0 Å². The molecular weight excluding hydrogens is 433 g/mol. The lowest BCUT2D eigenvalue weighted by Crippen LogP contribution is -2.60. The van der Waals surface area contributed by atoms with Crippen LogP contribution in [0.25, 0.3) is 10.8 Å². The minimum atomic E-state index is -0.541. The molecule has 1 N–H and O–H groups in total. The summed E-state index contributed by atoms with van der Waals surface area (Å²) in [4.78, 5) is 33.1. The van der Waals surface area contributed by atoms with Gasteiger partial charge in [-0.3, -0.25) is 19.5 Å². The van der Waals surface area contributed by atoms with Gasteiger partial charge in [0, 0.05) is 49.9 Å². The zero-order chi connectivity index (χ0) is 23.7. The van der Waals surface area contributed by atoms with Crippen LogP contribution in [-0.2, 0) is 13.0 Å². The third-order valence-corrected chi connectivity index (χ3v) is 6.34. The fourth-order valence-corrected chi connectivity index (χ4v) is 4.32. The highest BCUT2D eigenvalue weighted by Crippen LogP contribution is 2.23. The monoisotopic (exact) mass is 457 g/mol. The van der Waals surface area contributed by atoms with Gasteiger partial charge in [-0.2, -0.15) is 5.10 Å². The minimum Gasteiger partial charge on any atom is -0.335 e. The molecule has 2 aromatic heterocycles. The van der Waals surface area contributed by atoms with Crippen molar-refractivity contribution < 1.29 is 9.18 Å². The normalized spacial score (nSPS) is 13.9. The van der Waals surface area contributed by atoms with Gasteiger partial charge in [-0.1, -0.05) is 30.3 Å². The molecule has 0 bridgehead atoms. The van der Waals surface area contributed by atoms with Crippen molar-refractivity contribution in [3.8, 4) is 0 Å². The molecule has 3 heterocycles. The Morgan fingerprint density at radius 2 is 1.91 bits per heavy atom. The van der Waals surface area contributed by atoms with E-state index >= 15 is 0 Å². The van der Waals surface area contributed by atoms with Crippen LogP contribution in [0.3, 0.4) is 0 Å². The molecule has 2 aromatic carbocycles. The maximum atomic E-state index is 14.6. The molecule has 0 atom stereocenters. The average molecular weight is 458 g/mol. The zero-order valence-corrected chi connectivity index (χ0v) is 18.7. The number of hydrogen-bond acceptors (Lipinski definition) is 5. The highest BCUT2D eigenvalue weighted by atomic mass is 19.1. The second-order valence-corrected chi connectivity index (χ2v) is 8.68. The van der Waals surface area contributed by atoms with E-state index in [9.17, 15) is 14.0 Å². The van der Waals surface area contributed by atoms with E-state index in [2.05, 4.69) is 20.1 Å². The molecule has 1 aliphatic rings. The van der Waals surface area contributed by atoms with E-state index in [0.717, 1.165) is 23.1 Å². The summed E-state index contributed by atoms with van der Waals surface area (Å²) in [6.45, 7) is 1.83. The number of aromatic amines is 1. The Balaban J connectivity index is 1.29. The van der Waals surface area contributed by atoms with Crippen molar-refractivity contribution in [1.29, 1.82) is 0 Å². The van der Waals surface area contributed by atoms with Crippen molar-refractivity contribution in [3.63, 3.8) is 0 Å². The predicted octanol–water partition coefficient (Wildman–Crippen LogP) is 3.00. The molecule has 1 saturated heterocycles. The lowest BCUT2D eigenvalue weighted by atomic mass is 10.00. The van der Waals surface area contributed by atoms with E-state index in [1.807, 2.05) is 37.5 Å². The number of pyridine rings is 1. The first-order chi connectivity index (χ1) is 16.5. The Bertz CT molecular complexity index is 1400. The lowest BCUT2D eigenvalue weighted by Gasteiger charge is -2.44. The van der Waals surface area contributed by atoms with E-state index in [1.54, 1.807) is 35.4 Å². The van der Waals surface area contributed by atoms with Gasteiger partial charge in [-0.15, -0.1) is 0 Å². The fourth-order valence-electron chi connectivity index (χ4n) is 4.32. The first-order valence-electron chi connectivity index (χ1n) is 11.1. The molecule has 5 rings (SSSR count). The van der Waals surface area contributed by atoms with Crippen LogP contribution in [-0.4, -0.2) is 57.1 Å². The van der Waals surface area contributed by atoms with Gasteiger partial charge in [0.25, 0.3) is 11.5 Å². The first kappa shape index (κ1) is 21.9. The summed E-state index contributed by atoms with van der Waals surface area (Å²) >= 11 is 0. The molecule has 0 unspecified atom stereocenters. The molecule has 4 aromatic rings. The predicted molar refractivity (Wildman–Crippen MR) is 127 cm³/mol. The van der Waals surface area contributed by atoms with Crippen molar-refractivity contribution in [2.24, 2.45) is 0 Å². The van der Waals surface area contributed by atoms with Gasteiger partial charge in [0.15, 0.2) is 0 Å². The molecule has 1 amide bonds. The summed E-state index contributed by atoms with van der Waals surface area (Å²) < 4.78 is 14.6. The van der Waals surface area contributed by atoms with Crippen LogP contribution in [0.15, 0.2) is 71.8 Å². The van der Waals surface area contributed by atoms with Crippen LogP contribution < -0.4 is 5.56 Å². The third kappa shape index (κ3) is 4.32. The van der Waals surface area contributed by atoms with E-state index in [0.29, 0.717) is 30.6 Å². The van der Waals surface area contributed by atoms with Gasteiger partial charge in [-0.25, -0.2) is 9.49 Å². The fraction of sp³-hybridized carbons (Fsp3) is 0.231. The number of rotatable bonds is 6. The Morgan fingerprint density at radius 1 is 1.12 bits per heavy atom. The first-order valence-corrected chi connectivity index (χ1v) is 11.1. The van der Waals surface area contributed by atoms with Gasteiger partial charge >= 0.3 is 0 Å². The molecule has 0 saturated carbocycles. The van der Waals surface area contributed by atoms with Crippen molar-refractivity contribution in [1.82, 2.24) is 25.0 Å². The average Bonchev–Trinajstić information content (AvgIpc) is 2.82. The number of fused-ring (bicyclic) bond motifs is 1. The van der Waals surface area contributed by atoms with Crippen LogP contribution >= 0.6 is 0 Å². The SMILES string of the molecule is CN(Cc1cccnc1)C1CN(C(=O)c2cc(Cc3n[nH]c(=O)c4ccccc34)ccc2F)C1. The zero-order valence-electron chi connectivity index (χ0n) is 18.7. The number of likely N-dealkylation sites (N-methyl/N-ethyl adjacent to an activating group) is 1. The van der Waals surface area contributed by atoms with Crippen LogP contribution in [0.1, 0.15) is 27.2 Å². The third-order valence-electron chi connectivity index (χ3n) is 6.34. The topological polar surface area (TPSA) is 82.2 Å². The smallest absolute Gasteiger partial charge is 0.272 e. The van der Waals surface area contributed by atoms with Crippen molar-refractivity contribution in [2.75, 3.05) is 20.1 Å². The number of H-pyrrole nitrogens is 1. The van der Waals surface area contributed by atoms with Gasteiger partial charge < -0.3 is 4.90 Å². The molecule has 0 aliphatic carbocycles. The molecule has 1 aliphatic heterocycles. The van der Waals surface area contributed by atoms with E-state index in [4.69, 9.17) is 0 Å². The number of likely N-dealkylation sites (tertiary alicyclic amines) is 1. The summed E-state index contributed by atoms with van der Waals surface area (Å²) in [6.07, 6.45) is 3.94. The number of carbonyl (C=O) groups is 1. The van der Waals surface area contributed by atoms with Gasteiger partial charge in [0.1, 0.15) is 5.82 Å². The Labute approximate surface area is 195 Å².